The van der Waals surface area contributed by atoms with Crippen molar-refractivity contribution in [2.45, 2.75) is 52.5 Å². The van der Waals surface area contributed by atoms with Crippen molar-refractivity contribution in [3.63, 3.8) is 0 Å². The predicted octanol–water partition coefficient (Wildman–Crippen LogP) is 4.36. The first kappa shape index (κ1) is 25.7. The molecule has 0 bridgehead atoms. The number of fused-ring (bicyclic) bond motifs is 1. The average molecular weight is 508 g/mol. The van der Waals surface area contributed by atoms with Gasteiger partial charge in [-0.1, -0.05) is 62.8 Å². The summed E-state index contributed by atoms with van der Waals surface area (Å²) < 4.78 is 13.4. The van der Waals surface area contributed by atoms with Gasteiger partial charge in [0.05, 0.1) is 28.5 Å². The van der Waals surface area contributed by atoms with E-state index < -0.39 is 12.0 Å². The van der Waals surface area contributed by atoms with Crippen LogP contribution in [0, 0.1) is 0 Å². The number of furan rings is 1. The molecule has 0 saturated heterocycles. The van der Waals surface area contributed by atoms with E-state index in [0.29, 0.717) is 44.6 Å². The lowest BCUT2D eigenvalue weighted by molar-refractivity contribution is -0.139. The zero-order chi connectivity index (χ0) is 26.0. The molecule has 0 unspecified atom stereocenters. The number of carbonyl (C=O) groups is 1. The molecular formula is C28H33N3O4S. The van der Waals surface area contributed by atoms with Gasteiger partial charge in [0, 0.05) is 26.2 Å². The average Bonchev–Trinajstić information content (AvgIpc) is 3.43. The van der Waals surface area contributed by atoms with Crippen LogP contribution in [0.4, 0.5) is 5.88 Å². The van der Waals surface area contributed by atoms with Gasteiger partial charge in [0.2, 0.25) is 0 Å². The fourth-order valence-electron chi connectivity index (χ4n) is 4.29. The van der Waals surface area contributed by atoms with E-state index in [9.17, 15) is 9.59 Å². The highest BCUT2D eigenvalue weighted by atomic mass is 32.1. The molecule has 0 saturated carbocycles. The summed E-state index contributed by atoms with van der Waals surface area (Å²) in [5.41, 5.74) is 2.94. The van der Waals surface area contributed by atoms with Crippen molar-refractivity contribution in [1.82, 2.24) is 4.57 Å². The molecule has 3 heterocycles. The Morgan fingerprint density at radius 3 is 2.50 bits per heavy atom. The summed E-state index contributed by atoms with van der Waals surface area (Å²) in [6, 6.07) is 11.2. The third-order valence-corrected chi connectivity index (χ3v) is 7.12. The first-order valence-corrected chi connectivity index (χ1v) is 13.2. The number of hydrogen-bond donors (Lipinski definition) is 0. The zero-order valence-corrected chi connectivity index (χ0v) is 22.5. The molecule has 0 N–H and O–H groups in total. The molecule has 0 radical (unpaired) electrons. The number of benzene rings is 1. The second-order valence-electron chi connectivity index (χ2n) is 9.31. The number of anilines is 1. The predicted molar refractivity (Wildman–Crippen MR) is 143 cm³/mol. The highest BCUT2D eigenvalue weighted by molar-refractivity contribution is 7.07. The minimum absolute atomic E-state index is 0.211. The summed E-state index contributed by atoms with van der Waals surface area (Å²) in [4.78, 5) is 34.2. The quantitative estimate of drug-likeness (QED) is 0.424. The van der Waals surface area contributed by atoms with E-state index in [0.717, 1.165) is 12.0 Å². The second-order valence-corrected chi connectivity index (χ2v) is 10.3. The Hall–Kier alpha value is -3.39. The van der Waals surface area contributed by atoms with Crippen LogP contribution in [0.25, 0.3) is 6.08 Å². The minimum Gasteiger partial charge on any atom is -0.463 e. The van der Waals surface area contributed by atoms with Crippen molar-refractivity contribution in [3.05, 3.63) is 84.2 Å². The van der Waals surface area contributed by atoms with Crippen LogP contribution in [0.3, 0.4) is 0 Å². The van der Waals surface area contributed by atoms with Gasteiger partial charge in [-0.15, -0.1) is 0 Å². The molecule has 2 aromatic heterocycles. The van der Waals surface area contributed by atoms with E-state index in [4.69, 9.17) is 14.1 Å². The van der Waals surface area contributed by atoms with Crippen LogP contribution in [-0.4, -0.2) is 31.2 Å². The molecule has 1 atom stereocenters. The number of rotatable bonds is 8. The normalized spacial score (nSPS) is 15.8. The fraction of sp³-hybridized carbons (Fsp3) is 0.393. The van der Waals surface area contributed by atoms with Crippen molar-refractivity contribution in [3.8, 4) is 0 Å². The molecular weight excluding hydrogens is 474 g/mol. The molecule has 0 fully saturated rings. The third kappa shape index (κ3) is 4.95. The highest BCUT2D eigenvalue weighted by Gasteiger charge is 2.34. The summed E-state index contributed by atoms with van der Waals surface area (Å²) in [6.07, 6.45) is 3.17. The van der Waals surface area contributed by atoms with Gasteiger partial charge in [0.15, 0.2) is 10.7 Å². The Morgan fingerprint density at radius 2 is 1.92 bits per heavy atom. The van der Waals surface area contributed by atoms with Crippen LogP contribution in [0.15, 0.2) is 61.9 Å². The van der Waals surface area contributed by atoms with E-state index in [1.54, 1.807) is 17.6 Å². The lowest BCUT2D eigenvalue weighted by Gasteiger charge is -2.26. The summed E-state index contributed by atoms with van der Waals surface area (Å²) in [5, 5.41) is 0. The van der Waals surface area contributed by atoms with Crippen molar-refractivity contribution >= 4 is 29.3 Å². The molecule has 190 valence electrons. The third-order valence-electron chi connectivity index (χ3n) is 6.14. The smallest absolute Gasteiger partial charge is 0.338 e. The van der Waals surface area contributed by atoms with Gasteiger partial charge in [0.1, 0.15) is 5.76 Å². The van der Waals surface area contributed by atoms with Gasteiger partial charge >= 0.3 is 5.97 Å². The molecule has 1 aliphatic rings. The Bertz CT molecular complexity index is 1460. The zero-order valence-electron chi connectivity index (χ0n) is 21.7. The Morgan fingerprint density at radius 1 is 1.19 bits per heavy atom. The first-order chi connectivity index (χ1) is 17.2. The van der Waals surface area contributed by atoms with Crippen molar-refractivity contribution in [1.29, 1.82) is 0 Å². The van der Waals surface area contributed by atoms with E-state index in [2.05, 4.69) is 26.0 Å². The monoisotopic (exact) mass is 507 g/mol. The molecule has 7 nitrogen and oxygen atoms in total. The van der Waals surface area contributed by atoms with Gasteiger partial charge in [-0.05, 0) is 36.5 Å². The van der Waals surface area contributed by atoms with Crippen LogP contribution < -0.4 is 19.8 Å². The van der Waals surface area contributed by atoms with Crippen molar-refractivity contribution in [2.75, 3.05) is 25.6 Å². The minimum atomic E-state index is -0.612. The Balaban J connectivity index is 1.95. The number of ether oxygens (including phenoxy) is 1. The van der Waals surface area contributed by atoms with Gasteiger partial charge in [-0.3, -0.25) is 9.36 Å². The number of nitrogens with zero attached hydrogens (tertiary/aromatic N) is 3. The number of thiazole rings is 1. The van der Waals surface area contributed by atoms with Crippen molar-refractivity contribution < 1.29 is 13.9 Å². The van der Waals surface area contributed by atoms with E-state index in [1.165, 1.54) is 16.9 Å². The van der Waals surface area contributed by atoms with Crippen LogP contribution in [-0.2, 0) is 9.53 Å². The van der Waals surface area contributed by atoms with Crippen LogP contribution >= 0.6 is 11.3 Å². The summed E-state index contributed by atoms with van der Waals surface area (Å²) >= 11 is 1.31. The van der Waals surface area contributed by atoms with Gasteiger partial charge < -0.3 is 14.1 Å². The topological polar surface area (TPSA) is 77.0 Å². The highest BCUT2D eigenvalue weighted by Crippen LogP contribution is 2.33. The maximum Gasteiger partial charge on any atom is 0.338 e. The van der Waals surface area contributed by atoms with E-state index in [1.807, 2.05) is 50.2 Å². The molecule has 8 heteroatoms. The molecule has 0 amide bonds. The lowest BCUT2D eigenvalue weighted by Crippen LogP contribution is -2.40. The molecule has 0 spiro atoms. The van der Waals surface area contributed by atoms with Crippen LogP contribution in [0.1, 0.15) is 69.4 Å². The fourth-order valence-corrected chi connectivity index (χ4v) is 5.29. The number of aromatic nitrogens is 1. The number of carbonyl (C=O) groups excluding carboxylic acids is 1. The van der Waals surface area contributed by atoms with Crippen LogP contribution in [0.5, 0.6) is 0 Å². The second kappa shape index (κ2) is 10.7. The Labute approximate surface area is 215 Å². The van der Waals surface area contributed by atoms with Crippen LogP contribution in [0.2, 0.25) is 0 Å². The summed E-state index contributed by atoms with van der Waals surface area (Å²) in [6.45, 7) is 8.35. The summed E-state index contributed by atoms with van der Waals surface area (Å²) in [5.74, 6) is 1.22. The first-order valence-electron chi connectivity index (χ1n) is 12.3. The molecule has 1 aliphatic heterocycles. The number of esters is 1. The Kier molecular flexibility index (Phi) is 7.64. The standard InChI is InChI=1S/C28H33N3O4S/c1-7-9-21-24(27(33)34-8-2)25(19-12-10-18(11-13-19)17(3)4)31-26(32)22(36-28(31)29-21)16-20-14-15-23(35-20)30(5)6/h10-17,25H,7-9H2,1-6H3/b22-16-/t25-/m1/s1. The van der Waals surface area contributed by atoms with Crippen molar-refractivity contribution in [2.24, 2.45) is 4.99 Å². The number of allylic oxidation sites excluding steroid dienone is 1. The lowest BCUT2D eigenvalue weighted by atomic mass is 9.92. The molecule has 36 heavy (non-hydrogen) atoms. The maximum atomic E-state index is 13.8. The molecule has 3 aromatic rings. The largest absolute Gasteiger partial charge is 0.463 e. The van der Waals surface area contributed by atoms with Gasteiger partial charge in [0.25, 0.3) is 5.56 Å². The van der Waals surface area contributed by atoms with E-state index >= 15 is 0 Å². The summed E-state index contributed by atoms with van der Waals surface area (Å²) in [7, 11) is 3.79. The number of hydrogen-bond acceptors (Lipinski definition) is 7. The SMILES string of the molecule is CCCC1=C(C(=O)OCC)[C@@H](c2ccc(C(C)C)cc2)n2c(s/c(=C\c3ccc(N(C)C)o3)c2=O)=N1. The molecule has 0 aliphatic carbocycles. The molecule has 4 rings (SSSR count). The van der Waals surface area contributed by atoms with Gasteiger partial charge in [-0.25, -0.2) is 9.79 Å². The molecule has 1 aromatic carbocycles. The maximum absolute atomic E-state index is 13.8. The van der Waals surface area contributed by atoms with Gasteiger partial charge in [-0.2, -0.15) is 0 Å². The van der Waals surface area contributed by atoms with E-state index in [-0.39, 0.29) is 12.2 Å².